The Bertz CT molecular complexity index is 891. The van der Waals surface area contributed by atoms with Gasteiger partial charge < -0.3 is 9.88 Å². The van der Waals surface area contributed by atoms with Gasteiger partial charge in [0.15, 0.2) is 5.78 Å². The zero-order valence-corrected chi connectivity index (χ0v) is 13.5. The number of H-pyrrole nitrogens is 1. The van der Waals surface area contributed by atoms with Crippen LogP contribution in [0.2, 0.25) is 5.02 Å². The van der Waals surface area contributed by atoms with Crippen LogP contribution >= 0.6 is 11.6 Å². The number of halogens is 1. The molecule has 1 saturated heterocycles. The molecule has 1 aromatic carbocycles. The molecule has 0 radical (unpaired) electrons. The van der Waals surface area contributed by atoms with Crippen LogP contribution in [0.4, 0.5) is 5.69 Å². The van der Waals surface area contributed by atoms with Gasteiger partial charge in [-0.05, 0) is 31.9 Å². The Balaban J connectivity index is 1.76. The van der Waals surface area contributed by atoms with Crippen LogP contribution in [0, 0.1) is 0 Å². The van der Waals surface area contributed by atoms with E-state index in [1.807, 2.05) is 12.1 Å². The van der Waals surface area contributed by atoms with E-state index in [0.29, 0.717) is 11.5 Å². The van der Waals surface area contributed by atoms with E-state index in [1.165, 1.54) is 26.0 Å². The van der Waals surface area contributed by atoms with Crippen LogP contribution < -0.4 is 4.90 Å². The van der Waals surface area contributed by atoms with Crippen molar-refractivity contribution in [3.8, 4) is 5.95 Å². The van der Waals surface area contributed by atoms with Gasteiger partial charge in [0.1, 0.15) is 0 Å². The van der Waals surface area contributed by atoms with E-state index in [1.54, 1.807) is 10.9 Å². The molecule has 2 aromatic heterocycles. The lowest BCUT2D eigenvalue weighted by Crippen LogP contribution is -2.17. The molecule has 0 amide bonds. The van der Waals surface area contributed by atoms with Gasteiger partial charge in [-0.1, -0.05) is 11.6 Å². The van der Waals surface area contributed by atoms with Crippen LogP contribution in [-0.2, 0) is 0 Å². The van der Waals surface area contributed by atoms with Crippen LogP contribution in [0.15, 0.2) is 24.5 Å². The van der Waals surface area contributed by atoms with Gasteiger partial charge in [0, 0.05) is 19.3 Å². The molecule has 0 spiro atoms. The van der Waals surface area contributed by atoms with Crippen molar-refractivity contribution in [3.05, 3.63) is 35.1 Å². The summed E-state index contributed by atoms with van der Waals surface area (Å²) in [5, 5.41) is 4.91. The maximum atomic E-state index is 11.4. The second-order valence-corrected chi connectivity index (χ2v) is 6.21. The van der Waals surface area contributed by atoms with E-state index in [0.717, 1.165) is 34.8 Å². The number of hydrogen-bond donors (Lipinski definition) is 1. The fourth-order valence-corrected chi connectivity index (χ4v) is 3.22. The largest absolute Gasteiger partial charge is 0.370 e. The van der Waals surface area contributed by atoms with E-state index in [4.69, 9.17) is 11.6 Å². The number of aromatic amines is 1. The lowest BCUT2D eigenvalue weighted by Gasteiger charge is -2.18. The predicted octanol–water partition coefficient (Wildman–Crippen LogP) is 3.20. The monoisotopic (exact) mass is 329 g/mol. The smallest absolute Gasteiger partial charge is 0.229 e. The van der Waals surface area contributed by atoms with E-state index >= 15 is 0 Å². The lowest BCUT2D eigenvalue weighted by atomic mass is 10.2. The van der Waals surface area contributed by atoms with Crippen molar-refractivity contribution in [1.82, 2.24) is 19.7 Å². The van der Waals surface area contributed by atoms with E-state index in [2.05, 4.69) is 20.0 Å². The van der Waals surface area contributed by atoms with Gasteiger partial charge in [0.2, 0.25) is 5.95 Å². The zero-order valence-electron chi connectivity index (χ0n) is 12.7. The summed E-state index contributed by atoms with van der Waals surface area (Å²) in [6.45, 7) is 3.58. The molecule has 1 fully saturated rings. The Morgan fingerprint density at radius 1 is 1.30 bits per heavy atom. The van der Waals surface area contributed by atoms with Crippen molar-refractivity contribution in [2.24, 2.45) is 0 Å². The molecule has 1 aliphatic rings. The van der Waals surface area contributed by atoms with Crippen molar-refractivity contribution in [3.63, 3.8) is 0 Å². The number of carbonyl (C=O) groups excluding carboxylic acids is 1. The Kier molecular flexibility index (Phi) is 3.34. The van der Waals surface area contributed by atoms with Gasteiger partial charge in [0.25, 0.3) is 0 Å². The first-order valence-electron chi connectivity index (χ1n) is 7.62. The highest BCUT2D eigenvalue weighted by Gasteiger charge is 2.17. The second-order valence-electron chi connectivity index (χ2n) is 5.81. The molecule has 0 saturated carbocycles. The Morgan fingerprint density at radius 2 is 2.09 bits per heavy atom. The predicted molar refractivity (Wildman–Crippen MR) is 89.7 cm³/mol. The summed E-state index contributed by atoms with van der Waals surface area (Å²) in [7, 11) is 0. The summed E-state index contributed by atoms with van der Waals surface area (Å²) in [6, 6.07) is 3.91. The first kappa shape index (κ1) is 14.3. The molecular weight excluding hydrogens is 314 g/mol. The van der Waals surface area contributed by atoms with Crippen LogP contribution in [0.3, 0.4) is 0 Å². The third kappa shape index (κ3) is 2.49. The average Bonchev–Trinajstić information content (AvgIpc) is 3.25. The summed E-state index contributed by atoms with van der Waals surface area (Å²) in [5.41, 5.74) is 3.28. The summed E-state index contributed by atoms with van der Waals surface area (Å²) in [6.07, 6.45) is 5.60. The van der Waals surface area contributed by atoms with E-state index in [9.17, 15) is 4.79 Å². The highest BCUT2D eigenvalue weighted by atomic mass is 35.5. The molecule has 7 heteroatoms. The number of anilines is 1. The normalized spacial score (nSPS) is 14.8. The minimum Gasteiger partial charge on any atom is -0.370 e. The first-order valence-corrected chi connectivity index (χ1v) is 8.00. The number of fused-ring (bicyclic) bond motifs is 1. The van der Waals surface area contributed by atoms with Gasteiger partial charge in [-0.3, -0.25) is 4.79 Å². The highest BCUT2D eigenvalue weighted by molar-refractivity contribution is 6.34. The first-order chi connectivity index (χ1) is 11.1. The molecule has 118 valence electrons. The Labute approximate surface area is 138 Å². The average molecular weight is 330 g/mol. The number of nitrogens with one attached hydrogen (secondary N) is 1. The molecule has 1 aliphatic heterocycles. The molecule has 0 bridgehead atoms. The Hall–Kier alpha value is -2.34. The number of benzene rings is 1. The van der Waals surface area contributed by atoms with Crippen LogP contribution in [-0.4, -0.2) is 38.6 Å². The van der Waals surface area contributed by atoms with E-state index in [-0.39, 0.29) is 5.78 Å². The minimum atomic E-state index is -0.0216. The maximum Gasteiger partial charge on any atom is 0.229 e. The standard InChI is InChI=1S/C16H16ClN5O/c1-10(23)11-8-18-22(9-11)16-19-13-6-12(17)15(7-14(13)20-16)21-4-2-3-5-21/h6-9H,2-5H2,1H3,(H,19,20). The van der Waals surface area contributed by atoms with Crippen molar-refractivity contribution in [2.45, 2.75) is 19.8 Å². The molecule has 0 atom stereocenters. The number of Topliss-reactive ketones (excluding diaryl/α,β-unsaturated/α-hetero) is 1. The summed E-state index contributed by atoms with van der Waals surface area (Å²) >= 11 is 6.43. The molecule has 6 nitrogen and oxygen atoms in total. The lowest BCUT2D eigenvalue weighted by molar-refractivity contribution is 0.101. The molecule has 1 N–H and O–H groups in total. The molecule has 4 rings (SSSR count). The molecule has 0 aliphatic carbocycles. The highest BCUT2D eigenvalue weighted by Crippen LogP contribution is 2.32. The van der Waals surface area contributed by atoms with Gasteiger partial charge in [-0.2, -0.15) is 5.10 Å². The summed E-state index contributed by atoms with van der Waals surface area (Å²) < 4.78 is 1.57. The topological polar surface area (TPSA) is 66.8 Å². The van der Waals surface area contributed by atoms with Crippen molar-refractivity contribution < 1.29 is 4.79 Å². The Morgan fingerprint density at radius 3 is 2.78 bits per heavy atom. The third-order valence-corrected chi connectivity index (χ3v) is 4.49. The molecule has 23 heavy (non-hydrogen) atoms. The van der Waals surface area contributed by atoms with E-state index < -0.39 is 0 Å². The number of nitrogens with zero attached hydrogens (tertiary/aromatic N) is 4. The molecule has 0 unspecified atom stereocenters. The number of hydrogen-bond acceptors (Lipinski definition) is 4. The number of imidazole rings is 1. The van der Waals surface area contributed by atoms with Crippen molar-refractivity contribution in [1.29, 1.82) is 0 Å². The van der Waals surface area contributed by atoms with Crippen LogP contribution in [0.5, 0.6) is 0 Å². The zero-order chi connectivity index (χ0) is 16.0. The SMILES string of the molecule is CC(=O)c1cnn(-c2nc3cc(N4CCCC4)c(Cl)cc3[nH]2)c1. The summed E-state index contributed by atoms with van der Waals surface area (Å²) in [5.74, 6) is 0.550. The fraction of sp³-hybridized carbons (Fsp3) is 0.312. The van der Waals surface area contributed by atoms with Crippen molar-refractivity contribution in [2.75, 3.05) is 18.0 Å². The third-order valence-electron chi connectivity index (χ3n) is 4.19. The van der Waals surface area contributed by atoms with Gasteiger partial charge in [-0.25, -0.2) is 9.67 Å². The minimum absolute atomic E-state index is 0.0216. The second kappa shape index (κ2) is 5.38. The number of ketones is 1. The van der Waals surface area contributed by atoms with Crippen LogP contribution in [0.1, 0.15) is 30.1 Å². The van der Waals surface area contributed by atoms with Gasteiger partial charge in [-0.15, -0.1) is 0 Å². The maximum absolute atomic E-state index is 11.4. The number of rotatable bonds is 3. The van der Waals surface area contributed by atoms with Gasteiger partial charge >= 0.3 is 0 Å². The van der Waals surface area contributed by atoms with Crippen LogP contribution in [0.25, 0.3) is 17.0 Å². The quantitative estimate of drug-likeness (QED) is 0.749. The number of carbonyl (C=O) groups is 1. The molecule has 3 heterocycles. The number of aromatic nitrogens is 4. The fourth-order valence-electron chi connectivity index (χ4n) is 2.94. The summed E-state index contributed by atoms with van der Waals surface area (Å²) in [4.78, 5) is 21.5. The van der Waals surface area contributed by atoms with Gasteiger partial charge in [0.05, 0.1) is 33.5 Å². The van der Waals surface area contributed by atoms with Crippen molar-refractivity contribution >= 4 is 34.1 Å². The molecule has 3 aromatic rings. The molecular formula is C16H16ClN5O.